The lowest BCUT2D eigenvalue weighted by atomic mass is 9.82. The molecule has 26 nitrogen and oxygen atoms in total. The fraction of sp³-hybridized carbons (Fsp3) is 0.258. The third-order valence-electron chi connectivity index (χ3n) is 17.5. The number of ether oxygens (including phenoxy) is 2. The van der Waals surface area contributed by atoms with Crippen molar-refractivity contribution in [1.82, 2.24) is 48.0 Å². The van der Waals surface area contributed by atoms with Gasteiger partial charge >= 0.3 is 11.9 Å². The van der Waals surface area contributed by atoms with Gasteiger partial charge < -0.3 is 68.8 Å². The van der Waals surface area contributed by atoms with Crippen molar-refractivity contribution in [3.05, 3.63) is 176 Å². The van der Waals surface area contributed by atoms with Crippen molar-refractivity contribution in [3.63, 3.8) is 0 Å². The summed E-state index contributed by atoms with van der Waals surface area (Å²) in [5.74, 6) is -4.80. The van der Waals surface area contributed by atoms with Crippen LogP contribution in [0.5, 0.6) is 0 Å². The van der Waals surface area contributed by atoms with Gasteiger partial charge in [0.1, 0.15) is 0 Å². The summed E-state index contributed by atoms with van der Waals surface area (Å²) in [5.41, 5.74) is 5.58. The van der Waals surface area contributed by atoms with Crippen LogP contribution < -0.4 is 21.3 Å². The van der Waals surface area contributed by atoms with Gasteiger partial charge in [-0.2, -0.15) is 0 Å². The van der Waals surface area contributed by atoms with Gasteiger partial charge in [0.15, 0.2) is 11.6 Å². The molecule has 0 bridgehead atoms. The number of aromatic amines is 2. The second-order valence-corrected chi connectivity index (χ2v) is 22.9. The molecule has 13 rings (SSSR count). The number of imidazole rings is 2. The number of H-pyrrole nitrogens is 2. The molecule has 4 aliphatic carbocycles. The number of ketones is 2. The molecule has 2 saturated carbocycles. The van der Waals surface area contributed by atoms with E-state index in [1.54, 1.807) is 97.7 Å². The van der Waals surface area contributed by atoms with Crippen molar-refractivity contribution >= 4 is 94.1 Å². The summed E-state index contributed by atoms with van der Waals surface area (Å²) in [6.07, 6.45) is 16.5. The van der Waals surface area contributed by atoms with Gasteiger partial charge in [-0.25, -0.2) is 19.6 Å². The number of piperidine rings is 2. The summed E-state index contributed by atoms with van der Waals surface area (Å²) in [7, 11) is 9.22. The molecular formula is C62H56N14O12. The summed E-state index contributed by atoms with van der Waals surface area (Å²) >= 11 is 0. The van der Waals surface area contributed by atoms with Crippen LogP contribution in [0.3, 0.4) is 0 Å². The Bertz CT molecular complexity index is 4210. The number of anilines is 4. The smallest absolute Gasteiger partial charge is 0.340 e. The highest BCUT2D eigenvalue weighted by molar-refractivity contribution is 6.14. The zero-order valence-electron chi connectivity index (χ0n) is 48.7. The number of likely N-dealkylation sites (tertiary alicyclic amines) is 2. The van der Waals surface area contributed by atoms with Gasteiger partial charge in [-0.3, -0.25) is 38.4 Å². The SMILES string of the molecule is COC(=O)c1c(C)[nH]c2c1[C@@]13C[C@@H]1CN(C(=O)/C=C/c1cc(NC(=O)c4nc(NC(=O)c5cccc(C(=O)Nc6cn(C)c(C(=O)Nc7cc(/C=C/C(=O)N8C[C@H]9C[C@@]9%10C8=CC(=O)c8[nH]c(C)c(C(=O)OC)c8%10)n(C)c7)n6)c5)cn4C)cn1C)C3=CC2=O. The zero-order chi connectivity index (χ0) is 62.2. The van der Waals surface area contributed by atoms with E-state index in [-0.39, 0.29) is 69.6 Å². The number of benzene rings is 1. The van der Waals surface area contributed by atoms with E-state index in [0.29, 0.717) is 105 Å². The molecule has 2 aliphatic heterocycles. The van der Waals surface area contributed by atoms with E-state index in [0.717, 1.165) is 0 Å². The van der Waals surface area contributed by atoms with Crippen LogP contribution in [-0.2, 0) is 58.1 Å². The summed E-state index contributed by atoms with van der Waals surface area (Å²) in [4.78, 5) is 152. The molecule has 2 spiro atoms. The lowest BCUT2D eigenvalue weighted by Crippen LogP contribution is -2.33. The number of hydrogen-bond donors (Lipinski definition) is 6. The predicted molar refractivity (Wildman–Crippen MR) is 315 cm³/mol. The first-order chi connectivity index (χ1) is 42.0. The maximum absolute atomic E-state index is 13.7. The van der Waals surface area contributed by atoms with E-state index in [2.05, 4.69) is 41.2 Å². The van der Waals surface area contributed by atoms with Crippen molar-refractivity contribution < 1.29 is 57.4 Å². The fourth-order valence-corrected chi connectivity index (χ4v) is 13.3. The lowest BCUT2D eigenvalue weighted by Gasteiger charge is -2.27. The quantitative estimate of drug-likeness (QED) is 0.0581. The largest absolute Gasteiger partial charge is 0.465 e. The number of nitrogens with one attached hydrogen (secondary N) is 6. The summed E-state index contributed by atoms with van der Waals surface area (Å²) in [5, 5.41) is 10.9. The van der Waals surface area contributed by atoms with Gasteiger partial charge in [0.25, 0.3) is 35.4 Å². The summed E-state index contributed by atoms with van der Waals surface area (Å²) in [6.45, 7) is 4.19. The second kappa shape index (κ2) is 20.2. The lowest BCUT2D eigenvalue weighted by molar-refractivity contribution is -0.124. The summed E-state index contributed by atoms with van der Waals surface area (Å²) < 4.78 is 16.4. The molecule has 6 N–H and O–H groups in total. The van der Waals surface area contributed by atoms with Crippen LogP contribution in [0.4, 0.5) is 23.0 Å². The van der Waals surface area contributed by atoms with Crippen LogP contribution in [0, 0.1) is 25.7 Å². The molecule has 6 aromatic heterocycles. The molecule has 2 saturated heterocycles. The number of methoxy groups -OCH3 is 2. The molecule has 4 atom stereocenters. The van der Waals surface area contributed by atoms with Crippen LogP contribution in [-0.4, -0.2) is 134 Å². The molecule has 6 aliphatic rings. The van der Waals surface area contributed by atoms with Crippen LogP contribution in [0.15, 0.2) is 96.9 Å². The Labute approximate surface area is 499 Å². The van der Waals surface area contributed by atoms with Crippen LogP contribution in [0.2, 0.25) is 0 Å². The maximum atomic E-state index is 13.7. The predicted octanol–water partition coefficient (Wildman–Crippen LogP) is 5.47. The number of fused-ring (bicyclic) bond motifs is 2. The van der Waals surface area contributed by atoms with Gasteiger partial charge in [-0.05, 0) is 81.0 Å². The Morgan fingerprint density at radius 1 is 0.568 bits per heavy atom. The Hall–Kier alpha value is -11.2. The minimum absolute atomic E-state index is 0.0305. The molecule has 26 heteroatoms. The van der Waals surface area contributed by atoms with Gasteiger partial charge in [-0.1, -0.05) is 6.07 Å². The van der Waals surface area contributed by atoms with E-state index in [9.17, 15) is 47.9 Å². The number of hydrogen-bond acceptors (Lipinski definition) is 14. The standard InChI is InChI=1S/C62H56N14O12/c1-29-47(59(85)87-7)49-51(63-29)39(77)19-41-61(49)21-33(61)23-75(41)45(79)14-12-37-17-35(25-71(37)3)65-57(83)53-67-43(27-73(53)5)69-55(81)31-10-9-11-32(16-31)56(82)70-44-28-74(6)54(68-44)58(84)66-36-18-38(72(4)26-36)13-15-46(80)76-24-34-22-62(34)42(76)20-40(78)52-50(62)48(30(2)64-52)60(86)88-8/h9-20,25-28,33-34,63-64H,21-24H2,1-8H3,(H,65,83)(H,66,84)(H,69,81)(H,70,82)/b14-12+,15-13+/t33-,34-,61+,62+/m1/s1. The first-order valence-electron chi connectivity index (χ1n) is 27.9. The molecule has 7 aromatic rings. The van der Waals surface area contributed by atoms with E-state index < -0.39 is 46.4 Å². The van der Waals surface area contributed by atoms with Crippen molar-refractivity contribution in [2.45, 2.75) is 37.5 Å². The monoisotopic (exact) mass is 1190 g/mol. The van der Waals surface area contributed by atoms with Gasteiger partial charge in [-0.15, -0.1) is 0 Å². The van der Waals surface area contributed by atoms with E-state index in [4.69, 9.17) is 9.47 Å². The molecule has 0 radical (unpaired) electrons. The number of aryl methyl sites for hydroxylation is 6. The normalized spacial score (nSPS) is 19.9. The Morgan fingerprint density at radius 3 is 1.38 bits per heavy atom. The van der Waals surface area contributed by atoms with Crippen molar-refractivity contribution in [2.75, 3.05) is 48.6 Å². The topological polar surface area (TPSA) is 321 Å². The number of carbonyl (C=O) groups excluding carboxylic acids is 10. The molecule has 1 aromatic carbocycles. The first-order valence-corrected chi connectivity index (χ1v) is 27.9. The average molecular weight is 1190 g/mol. The first kappa shape index (κ1) is 56.0. The maximum Gasteiger partial charge on any atom is 0.340 e. The van der Waals surface area contributed by atoms with Crippen molar-refractivity contribution in [3.8, 4) is 0 Å². The Balaban J connectivity index is 0.602. The van der Waals surface area contributed by atoms with Crippen LogP contribution in [0.25, 0.3) is 12.2 Å². The highest BCUT2D eigenvalue weighted by Gasteiger charge is 2.70. The second-order valence-electron chi connectivity index (χ2n) is 22.9. The minimum Gasteiger partial charge on any atom is -0.465 e. The molecule has 88 heavy (non-hydrogen) atoms. The number of rotatable bonds is 14. The van der Waals surface area contributed by atoms with E-state index in [1.807, 2.05) is 0 Å². The van der Waals surface area contributed by atoms with E-state index in [1.165, 1.54) is 84.3 Å². The number of amides is 6. The van der Waals surface area contributed by atoms with Crippen molar-refractivity contribution in [2.24, 2.45) is 40.0 Å². The minimum atomic E-state index is -0.634. The number of carbonyl (C=O) groups is 10. The Morgan fingerprint density at radius 2 is 0.977 bits per heavy atom. The number of aromatic nitrogens is 8. The Kier molecular flexibility index (Phi) is 12.9. The van der Waals surface area contributed by atoms with Gasteiger partial charge in [0.2, 0.25) is 23.2 Å². The number of allylic oxidation sites excluding steroid dienone is 4. The highest BCUT2D eigenvalue weighted by Crippen LogP contribution is 2.69. The fourth-order valence-electron chi connectivity index (χ4n) is 13.3. The molecule has 4 fully saturated rings. The van der Waals surface area contributed by atoms with Crippen molar-refractivity contribution in [1.29, 1.82) is 0 Å². The summed E-state index contributed by atoms with van der Waals surface area (Å²) in [6, 6.07) is 9.19. The molecular weight excluding hydrogens is 1130 g/mol. The van der Waals surface area contributed by atoms with Crippen LogP contribution in [0.1, 0.15) is 130 Å². The molecule has 0 unspecified atom stereocenters. The third kappa shape index (κ3) is 8.84. The zero-order valence-corrected chi connectivity index (χ0v) is 48.7. The van der Waals surface area contributed by atoms with E-state index >= 15 is 0 Å². The number of esters is 2. The molecule has 8 heterocycles. The van der Waals surface area contributed by atoms with Gasteiger partial charge in [0, 0.05) is 158 Å². The number of nitrogens with zero attached hydrogens (tertiary/aromatic N) is 8. The average Bonchev–Trinajstić information content (AvgIpc) is 1.51. The van der Waals surface area contributed by atoms with Crippen LogP contribution >= 0.6 is 0 Å². The molecule has 6 amide bonds. The van der Waals surface area contributed by atoms with Gasteiger partial charge in [0.05, 0.1) is 48.1 Å². The highest BCUT2D eigenvalue weighted by atomic mass is 16.5. The molecule has 446 valence electrons. The third-order valence-corrected chi connectivity index (χ3v) is 17.5.